The van der Waals surface area contributed by atoms with E-state index in [1.165, 1.54) is 11.1 Å². The quantitative estimate of drug-likeness (QED) is 0.518. The summed E-state index contributed by atoms with van der Waals surface area (Å²) in [5.74, 6) is -0.461. The van der Waals surface area contributed by atoms with Crippen LogP contribution in [0.5, 0.6) is 0 Å². The van der Waals surface area contributed by atoms with Gasteiger partial charge < -0.3 is 10.4 Å². The minimum atomic E-state index is -0.920. The fourth-order valence-electron chi connectivity index (χ4n) is 4.21. The first-order valence-corrected chi connectivity index (χ1v) is 10.1. The first-order chi connectivity index (χ1) is 14.6. The zero-order valence-corrected chi connectivity index (χ0v) is 16.5. The van der Waals surface area contributed by atoms with Gasteiger partial charge in [-0.25, -0.2) is 14.5 Å². The van der Waals surface area contributed by atoms with Gasteiger partial charge in [0.25, 0.3) is 0 Å². The van der Waals surface area contributed by atoms with Gasteiger partial charge in [-0.2, -0.15) is 10.1 Å². The molecule has 1 atom stereocenters. The number of hydrogen-bond acceptors (Lipinski definition) is 5. The van der Waals surface area contributed by atoms with Crippen LogP contribution in [0.25, 0.3) is 11.0 Å². The highest BCUT2D eigenvalue weighted by Crippen LogP contribution is 2.35. The Balaban J connectivity index is 1.49. The predicted molar refractivity (Wildman–Crippen MR) is 114 cm³/mol. The predicted octanol–water partition coefficient (Wildman–Crippen LogP) is 4.37. The molecule has 1 aliphatic rings. The fraction of sp³-hybridized carbons (Fsp3) is 0.217. The number of aromatic carboxylic acids is 1. The van der Waals surface area contributed by atoms with E-state index in [0.29, 0.717) is 17.9 Å². The molecule has 30 heavy (non-hydrogen) atoms. The molecule has 7 nitrogen and oxygen atoms in total. The lowest BCUT2D eigenvalue weighted by Crippen LogP contribution is -2.10. The van der Waals surface area contributed by atoms with E-state index in [4.69, 9.17) is 4.98 Å². The maximum absolute atomic E-state index is 11.4. The van der Waals surface area contributed by atoms with Crippen LogP contribution in [0.15, 0.2) is 54.9 Å². The monoisotopic (exact) mass is 399 g/mol. The molecule has 150 valence electrons. The van der Waals surface area contributed by atoms with Crippen molar-refractivity contribution < 1.29 is 9.90 Å². The molecule has 1 aliphatic carbocycles. The summed E-state index contributed by atoms with van der Waals surface area (Å²) < 4.78 is 1.99. The molecule has 0 unspecified atom stereocenters. The van der Waals surface area contributed by atoms with Crippen LogP contribution in [0, 0.1) is 0 Å². The second kappa shape index (κ2) is 7.26. The Morgan fingerprint density at radius 1 is 1.23 bits per heavy atom. The lowest BCUT2D eigenvalue weighted by Gasteiger charge is -2.14. The minimum absolute atomic E-state index is 0.169. The molecule has 0 bridgehead atoms. The van der Waals surface area contributed by atoms with Gasteiger partial charge in [0, 0.05) is 11.9 Å². The first-order valence-electron chi connectivity index (χ1n) is 10.1. The topological polar surface area (TPSA) is 92.9 Å². The molecule has 0 saturated carbocycles. The number of nitrogens with zero attached hydrogens (tertiary/aromatic N) is 4. The van der Waals surface area contributed by atoms with Crippen molar-refractivity contribution >= 4 is 28.6 Å². The number of hydrogen-bond donors (Lipinski definition) is 2. The molecular weight excluding hydrogens is 378 g/mol. The second-order valence-electron chi connectivity index (χ2n) is 7.47. The van der Waals surface area contributed by atoms with Gasteiger partial charge in [-0.05, 0) is 54.2 Å². The van der Waals surface area contributed by atoms with Crippen LogP contribution < -0.4 is 5.32 Å². The van der Waals surface area contributed by atoms with Crippen molar-refractivity contribution in [1.82, 2.24) is 19.7 Å². The van der Waals surface area contributed by atoms with Crippen LogP contribution in [-0.2, 0) is 12.8 Å². The molecule has 7 heteroatoms. The Labute approximate surface area is 173 Å². The third-order valence-corrected chi connectivity index (χ3v) is 5.70. The van der Waals surface area contributed by atoms with Crippen LogP contribution >= 0.6 is 0 Å². The van der Waals surface area contributed by atoms with Gasteiger partial charge in [0.2, 0.25) is 5.95 Å². The van der Waals surface area contributed by atoms with E-state index in [0.717, 1.165) is 35.1 Å². The second-order valence-corrected chi connectivity index (χ2v) is 7.47. The van der Waals surface area contributed by atoms with Gasteiger partial charge in [0.1, 0.15) is 0 Å². The summed E-state index contributed by atoms with van der Waals surface area (Å²) in [5.41, 5.74) is 5.29. The summed E-state index contributed by atoms with van der Waals surface area (Å²) in [6.45, 7) is 1.94. The summed E-state index contributed by atoms with van der Waals surface area (Å²) in [5, 5.41) is 18.0. The van der Waals surface area contributed by atoms with Crippen molar-refractivity contribution in [3.05, 3.63) is 77.1 Å². The number of anilines is 2. The number of benzene rings is 2. The molecule has 2 heterocycles. The molecule has 0 amide bonds. The van der Waals surface area contributed by atoms with Crippen LogP contribution in [0.1, 0.15) is 46.4 Å². The number of fused-ring (bicyclic) bond motifs is 2. The van der Waals surface area contributed by atoms with E-state index in [1.54, 1.807) is 24.5 Å². The molecule has 0 radical (unpaired) electrons. The van der Waals surface area contributed by atoms with Crippen LogP contribution in [0.2, 0.25) is 0 Å². The van der Waals surface area contributed by atoms with Gasteiger partial charge in [-0.15, -0.1) is 0 Å². The van der Waals surface area contributed by atoms with E-state index < -0.39 is 5.97 Å². The van der Waals surface area contributed by atoms with Gasteiger partial charge >= 0.3 is 5.97 Å². The summed E-state index contributed by atoms with van der Waals surface area (Å²) >= 11 is 0. The van der Waals surface area contributed by atoms with Crippen LogP contribution in [0.4, 0.5) is 11.6 Å². The number of aryl methyl sites for hydroxylation is 2. The molecule has 4 aromatic rings. The molecular formula is C23H21N5O2. The van der Waals surface area contributed by atoms with Crippen molar-refractivity contribution in [1.29, 1.82) is 0 Å². The van der Waals surface area contributed by atoms with Crippen molar-refractivity contribution in [3.8, 4) is 0 Å². The summed E-state index contributed by atoms with van der Waals surface area (Å²) in [4.78, 5) is 20.5. The lowest BCUT2D eigenvalue weighted by atomic mass is 10.0. The average molecular weight is 399 g/mol. The molecule has 0 aliphatic heterocycles. The van der Waals surface area contributed by atoms with E-state index in [9.17, 15) is 9.90 Å². The smallest absolute Gasteiger partial charge is 0.335 e. The average Bonchev–Trinajstić information content (AvgIpc) is 3.37. The highest BCUT2D eigenvalue weighted by Gasteiger charge is 2.26. The Bertz CT molecular complexity index is 1260. The van der Waals surface area contributed by atoms with Gasteiger partial charge in [-0.3, -0.25) is 0 Å². The largest absolute Gasteiger partial charge is 0.478 e. The van der Waals surface area contributed by atoms with Gasteiger partial charge in [0.05, 0.1) is 23.2 Å². The highest BCUT2D eigenvalue weighted by atomic mass is 16.4. The maximum Gasteiger partial charge on any atom is 0.335 e. The lowest BCUT2D eigenvalue weighted by molar-refractivity contribution is 0.0696. The zero-order valence-electron chi connectivity index (χ0n) is 16.5. The first kappa shape index (κ1) is 18.3. The molecule has 5 rings (SSSR count). The van der Waals surface area contributed by atoms with E-state index in [-0.39, 0.29) is 6.04 Å². The third-order valence-electron chi connectivity index (χ3n) is 5.70. The maximum atomic E-state index is 11.4. The third kappa shape index (κ3) is 3.08. The molecule has 2 aromatic carbocycles. The van der Waals surface area contributed by atoms with Crippen molar-refractivity contribution in [2.45, 2.75) is 32.2 Å². The van der Waals surface area contributed by atoms with Crippen LogP contribution in [-0.4, -0.2) is 30.8 Å². The van der Waals surface area contributed by atoms with Crippen molar-refractivity contribution in [3.63, 3.8) is 0 Å². The fourth-order valence-corrected chi connectivity index (χ4v) is 4.21. The molecule has 0 saturated heterocycles. The number of carboxylic acid groups (broad SMARTS) is 1. The Morgan fingerprint density at radius 2 is 2.10 bits per heavy atom. The summed E-state index contributed by atoms with van der Waals surface area (Å²) in [7, 11) is 0. The summed E-state index contributed by atoms with van der Waals surface area (Å²) in [6.07, 6.45) is 6.23. The molecule has 0 fully saturated rings. The molecule has 0 spiro atoms. The number of carboxylic acids is 1. The van der Waals surface area contributed by atoms with Crippen LogP contribution in [0.3, 0.4) is 0 Å². The molecule has 2 N–H and O–H groups in total. The van der Waals surface area contributed by atoms with E-state index in [1.807, 2.05) is 17.7 Å². The number of aromatic nitrogens is 4. The number of carbonyl (C=O) groups is 1. The van der Waals surface area contributed by atoms with E-state index in [2.05, 4.69) is 39.7 Å². The number of rotatable bonds is 5. The summed E-state index contributed by atoms with van der Waals surface area (Å²) in [6, 6.07) is 13.8. The number of nitrogens with one attached hydrogen (secondary N) is 1. The normalized spacial score (nSPS) is 15.3. The Kier molecular flexibility index (Phi) is 4.43. The Morgan fingerprint density at radius 3 is 2.93 bits per heavy atom. The molecule has 2 aromatic heterocycles. The van der Waals surface area contributed by atoms with E-state index >= 15 is 0 Å². The van der Waals surface area contributed by atoms with Crippen molar-refractivity contribution in [2.75, 3.05) is 5.32 Å². The minimum Gasteiger partial charge on any atom is -0.478 e. The standard InChI is InChI=1S/C23H21N5O2/c1-2-14-11-17(8-9-19(14)22(29)30)26-23-24-12-16-13-25-28(21(16)27-23)20-10-7-15-5-3-4-6-18(15)20/h3-6,8-9,11-13,20H,2,7,10H2,1H3,(H,29,30)(H,24,26,27)/t20-/m0/s1. The highest BCUT2D eigenvalue weighted by molar-refractivity contribution is 5.90. The Hall–Kier alpha value is -3.74. The van der Waals surface area contributed by atoms with Gasteiger partial charge in [0.15, 0.2) is 5.65 Å². The zero-order chi connectivity index (χ0) is 20.7. The van der Waals surface area contributed by atoms with Gasteiger partial charge in [-0.1, -0.05) is 31.2 Å². The van der Waals surface area contributed by atoms with Crippen molar-refractivity contribution in [2.24, 2.45) is 0 Å². The SMILES string of the molecule is CCc1cc(Nc2ncc3cnn([C@H]4CCc5ccccc54)c3n2)ccc1C(=O)O.